The van der Waals surface area contributed by atoms with Crippen LogP contribution in [-0.4, -0.2) is 36.5 Å². The van der Waals surface area contributed by atoms with Gasteiger partial charge in [0.2, 0.25) is 23.5 Å². The van der Waals surface area contributed by atoms with Gasteiger partial charge in [-0.3, -0.25) is 19.5 Å². The first kappa shape index (κ1) is 23.3. The SMILES string of the molecule is O=C1CC[C@H](n2c(=O)oc3ccc(Cc4nc(-c5cccc(-c6ncccn6)c5F)no4)c(F)c32)C(=O)N1. The van der Waals surface area contributed by atoms with E-state index in [0.717, 1.165) is 4.57 Å². The van der Waals surface area contributed by atoms with Gasteiger partial charge in [-0.2, -0.15) is 4.98 Å². The van der Waals surface area contributed by atoms with Gasteiger partial charge in [0.25, 0.3) is 0 Å². The number of nitrogens with zero attached hydrogens (tertiary/aromatic N) is 5. The Morgan fingerprint density at radius 1 is 0.974 bits per heavy atom. The van der Waals surface area contributed by atoms with E-state index in [4.69, 9.17) is 8.94 Å². The van der Waals surface area contributed by atoms with Gasteiger partial charge >= 0.3 is 5.76 Å². The van der Waals surface area contributed by atoms with Crippen LogP contribution in [0.15, 0.2) is 62.5 Å². The number of rotatable bonds is 5. The molecule has 1 saturated heterocycles. The molecule has 0 radical (unpaired) electrons. The molecule has 2 aromatic carbocycles. The van der Waals surface area contributed by atoms with Crippen molar-refractivity contribution in [2.45, 2.75) is 25.3 Å². The highest BCUT2D eigenvalue weighted by atomic mass is 19.1. The van der Waals surface area contributed by atoms with Gasteiger partial charge in [0.1, 0.15) is 17.4 Å². The Labute approximate surface area is 211 Å². The van der Waals surface area contributed by atoms with Gasteiger partial charge in [0, 0.05) is 18.8 Å². The van der Waals surface area contributed by atoms with Crippen LogP contribution < -0.4 is 11.1 Å². The number of piperidine rings is 1. The van der Waals surface area contributed by atoms with E-state index in [1.165, 1.54) is 36.7 Å². The molecule has 0 unspecified atom stereocenters. The van der Waals surface area contributed by atoms with E-state index in [2.05, 4.69) is 25.4 Å². The second-order valence-corrected chi connectivity index (χ2v) is 8.52. The van der Waals surface area contributed by atoms with Crippen LogP contribution in [0, 0.1) is 11.6 Å². The van der Waals surface area contributed by atoms with Gasteiger partial charge in [-0.15, -0.1) is 0 Å². The second kappa shape index (κ2) is 9.10. The summed E-state index contributed by atoms with van der Waals surface area (Å²) in [6, 6.07) is 7.86. The van der Waals surface area contributed by atoms with Crippen molar-refractivity contribution in [3.8, 4) is 22.8 Å². The topological polar surface area (TPSA) is 146 Å². The van der Waals surface area contributed by atoms with Crippen LogP contribution in [0.5, 0.6) is 0 Å². The number of carbonyl (C=O) groups is 2. The Balaban J connectivity index is 1.33. The number of benzene rings is 2. The third kappa shape index (κ3) is 3.93. The van der Waals surface area contributed by atoms with Crippen molar-refractivity contribution in [3.05, 3.63) is 82.4 Å². The van der Waals surface area contributed by atoms with Crippen LogP contribution in [0.2, 0.25) is 0 Å². The number of oxazole rings is 1. The summed E-state index contributed by atoms with van der Waals surface area (Å²) in [4.78, 5) is 48.7. The van der Waals surface area contributed by atoms with Crippen molar-refractivity contribution in [1.82, 2.24) is 30.0 Å². The summed E-state index contributed by atoms with van der Waals surface area (Å²) in [6.07, 6.45) is 2.81. The number of carbonyl (C=O) groups excluding carboxylic acids is 2. The van der Waals surface area contributed by atoms with Crippen LogP contribution in [0.3, 0.4) is 0 Å². The van der Waals surface area contributed by atoms with Gasteiger partial charge in [-0.25, -0.2) is 23.5 Å². The number of fused-ring (bicyclic) bond motifs is 1. The third-order valence-corrected chi connectivity index (χ3v) is 6.17. The maximum atomic E-state index is 15.6. The summed E-state index contributed by atoms with van der Waals surface area (Å²) in [6.45, 7) is 0. The zero-order valence-corrected chi connectivity index (χ0v) is 19.4. The molecule has 0 aliphatic carbocycles. The average molecular weight is 518 g/mol. The fourth-order valence-corrected chi connectivity index (χ4v) is 4.39. The molecule has 190 valence electrons. The lowest BCUT2D eigenvalue weighted by molar-refractivity contribution is -0.135. The number of hydrogen-bond donors (Lipinski definition) is 1. The summed E-state index contributed by atoms with van der Waals surface area (Å²) < 4.78 is 42.2. The highest BCUT2D eigenvalue weighted by molar-refractivity contribution is 6.00. The molecular formula is C25H16F2N6O5. The molecule has 5 aromatic rings. The monoisotopic (exact) mass is 518 g/mol. The Morgan fingerprint density at radius 3 is 2.50 bits per heavy atom. The molecule has 1 aliphatic rings. The predicted molar refractivity (Wildman–Crippen MR) is 125 cm³/mol. The maximum Gasteiger partial charge on any atom is 0.420 e. The van der Waals surface area contributed by atoms with Crippen molar-refractivity contribution in [3.63, 3.8) is 0 Å². The van der Waals surface area contributed by atoms with Gasteiger partial charge in [0.05, 0.1) is 17.5 Å². The van der Waals surface area contributed by atoms with Crippen molar-refractivity contribution < 1.29 is 27.3 Å². The van der Waals surface area contributed by atoms with Crippen molar-refractivity contribution >= 4 is 22.9 Å². The van der Waals surface area contributed by atoms with Gasteiger partial charge in [-0.05, 0) is 36.2 Å². The number of halogens is 2. The molecule has 13 heteroatoms. The molecule has 0 saturated carbocycles. The number of nitrogens with one attached hydrogen (secondary N) is 1. The van der Waals surface area contributed by atoms with Crippen LogP contribution in [0.25, 0.3) is 33.9 Å². The zero-order valence-electron chi connectivity index (χ0n) is 19.4. The minimum absolute atomic E-state index is 0.00422. The summed E-state index contributed by atoms with van der Waals surface area (Å²) in [5.41, 5.74) is -0.0151. The van der Waals surface area contributed by atoms with E-state index in [0.29, 0.717) is 0 Å². The minimum atomic E-state index is -1.11. The average Bonchev–Trinajstić information content (AvgIpc) is 3.51. The second-order valence-electron chi connectivity index (χ2n) is 8.52. The van der Waals surface area contributed by atoms with E-state index < -0.39 is 35.2 Å². The first-order valence-electron chi connectivity index (χ1n) is 11.5. The molecule has 2 amide bonds. The van der Waals surface area contributed by atoms with E-state index in [1.54, 1.807) is 12.1 Å². The van der Waals surface area contributed by atoms with Gasteiger partial charge in [0.15, 0.2) is 17.2 Å². The molecule has 1 N–H and O–H groups in total. The number of amides is 2. The van der Waals surface area contributed by atoms with Crippen LogP contribution in [0.1, 0.15) is 30.3 Å². The molecule has 1 atom stereocenters. The van der Waals surface area contributed by atoms with E-state index in [1.807, 2.05) is 0 Å². The fraction of sp³-hybridized carbons (Fsp3) is 0.160. The number of hydrogen-bond acceptors (Lipinski definition) is 9. The minimum Gasteiger partial charge on any atom is -0.408 e. The van der Waals surface area contributed by atoms with Crippen molar-refractivity contribution in [2.24, 2.45) is 0 Å². The third-order valence-electron chi connectivity index (χ3n) is 6.17. The molecule has 11 nitrogen and oxygen atoms in total. The van der Waals surface area contributed by atoms with Gasteiger partial charge < -0.3 is 8.94 Å². The Morgan fingerprint density at radius 2 is 1.74 bits per heavy atom. The number of imide groups is 1. The lowest BCUT2D eigenvalue weighted by Gasteiger charge is -2.21. The Hall–Kier alpha value is -5.07. The predicted octanol–water partition coefficient (Wildman–Crippen LogP) is 2.95. The molecular weight excluding hydrogens is 502 g/mol. The largest absolute Gasteiger partial charge is 0.420 e. The molecule has 3 aromatic heterocycles. The number of aromatic nitrogens is 5. The molecule has 6 rings (SSSR count). The van der Waals surface area contributed by atoms with E-state index in [-0.39, 0.29) is 64.6 Å². The normalized spacial score (nSPS) is 15.7. The van der Waals surface area contributed by atoms with Crippen LogP contribution in [-0.2, 0) is 16.0 Å². The summed E-state index contributed by atoms with van der Waals surface area (Å²) in [5.74, 6) is -3.48. The van der Waals surface area contributed by atoms with Crippen molar-refractivity contribution in [1.29, 1.82) is 0 Å². The quantitative estimate of drug-likeness (QED) is 0.347. The van der Waals surface area contributed by atoms with E-state index in [9.17, 15) is 14.4 Å². The van der Waals surface area contributed by atoms with E-state index >= 15 is 8.78 Å². The molecule has 0 spiro atoms. The Kier molecular flexibility index (Phi) is 5.59. The lowest BCUT2D eigenvalue weighted by atomic mass is 10.0. The molecule has 1 fully saturated rings. The summed E-state index contributed by atoms with van der Waals surface area (Å²) in [5, 5.41) is 5.98. The van der Waals surface area contributed by atoms with Gasteiger partial charge in [-0.1, -0.05) is 17.3 Å². The summed E-state index contributed by atoms with van der Waals surface area (Å²) >= 11 is 0. The Bertz CT molecular complexity index is 1780. The standard InChI is InChI=1S/C25H16F2N6O5/c26-19-12(5-7-16-21(19)33(25(36)37-16)15-6-8-17(34)30-24(15)35)11-18-31-23(32-38-18)14-4-1-3-13(20(14)27)22-28-9-2-10-29-22/h1-5,7,9-10,15H,6,8,11H2,(H,30,34,35)/t15-/m0/s1. The molecule has 1 aliphatic heterocycles. The highest BCUT2D eigenvalue weighted by Crippen LogP contribution is 2.30. The smallest absolute Gasteiger partial charge is 0.408 e. The molecule has 38 heavy (non-hydrogen) atoms. The maximum absolute atomic E-state index is 15.6. The first-order chi connectivity index (χ1) is 18.4. The highest BCUT2D eigenvalue weighted by Gasteiger charge is 2.33. The summed E-state index contributed by atoms with van der Waals surface area (Å²) in [7, 11) is 0. The van der Waals surface area contributed by atoms with Crippen LogP contribution in [0.4, 0.5) is 8.78 Å². The fourth-order valence-electron chi connectivity index (χ4n) is 4.39. The van der Waals surface area contributed by atoms with Crippen molar-refractivity contribution in [2.75, 3.05) is 0 Å². The molecule has 4 heterocycles. The zero-order chi connectivity index (χ0) is 26.4. The first-order valence-corrected chi connectivity index (χ1v) is 11.5. The molecule has 0 bridgehead atoms. The lowest BCUT2D eigenvalue weighted by Crippen LogP contribution is -2.43. The van der Waals surface area contributed by atoms with Crippen LogP contribution >= 0.6 is 0 Å².